The Bertz CT molecular complexity index is 950. The third kappa shape index (κ3) is 2.84. The average molecular weight is 332 g/mol. The molecule has 1 aromatic heterocycles. The molecule has 126 valence electrons. The number of carbonyl (C=O) groups excluding carboxylic acids is 1. The largest absolute Gasteiger partial charge is 0.496 e. The van der Waals surface area contributed by atoms with Crippen LogP contribution in [0.3, 0.4) is 0 Å². The van der Waals surface area contributed by atoms with Crippen LogP contribution in [0.1, 0.15) is 34.5 Å². The molecule has 4 nitrogen and oxygen atoms in total. The van der Waals surface area contributed by atoms with Crippen LogP contribution in [0.5, 0.6) is 5.75 Å². The molecule has 0 unspecified atom stereocenters. The number of aryl methyl sites for hydroxylation is 1. The molecule has 0 bridgehead atoms. The summed E-state index contributed by atoms with van der Waals surface area (Å²) in [6, 6.07) is 15.9. The number of hydrogen-bond acceptors (Lipinski definition) is 4. The van der Waals surface area contributed by atoms with Crippen LogP contribution >= 0.6 is 0 Å². The van der Waals surface area contributed by atoms with E-state index in [0.29, 0.717) is 13.0 Å². The molecule has 0 saturated heterocycles. The summed E-state index contributed by atoms with van der Waals surface area (Å²) in [7, 11) is 1.67. The highest BCUT2D eigenvalue weighted by atomic mass is 16.5. The molecule has 0 saturated carbocycles. The Morgan fingerprint density at radius 3 is 2.76 bits per heavy atom. The number of Topliss-reactive ketones (excluding diaryl/α,β-unsaturated/α-hetero) is 1. The fourth-order valence-corrected chi connectivity index (χ4v) is 3.50. The Hall–Kier alpha value is -2.88. The second kappa shape index (κ2) is 6.55. The highest BCUT2D eigenvalue weighted by molar-refractivity contribution is 6.09. The van der Waals surface area contributed by atoms with Crippen molar-refractivity contribution in [3.63, 3.8) is 0 Å². The molecule has 0 atom stereocenters. The van der Waals surface area contributed by atoms with Crippen molar-refractivity contribution in [2.24, 2.45) is 0 Å². The second-order valence-electron chi connectivity index (χ2n) is 6.27. The van der Waals surface area contributed by atoms with E-state index in [2.05, 4.69) is 5.32 Å². The zero-order valence-electron chi connectivity index (χ0n) is 14.2. The SMILES string of the molecule is COc1ccccc1CNc1c2c(nc3ccccc13)CCCC2=O. The van der Waals surface area contributed by atoms with Crippen molar-refractivity contribution >= 4 is 22.4 Å². The van der Waals surface area contributed by atoms with Crippen LogP contribution in [0, 0.1) is 0 Å². The molecule has 1 N–H and O–H groups in total. The average Bonchev–Trinajstić information content (AvgIpc) is 2.65. The number of methoxy groups -OCH3 is 1. The fraction of sp³-hybridized carbons (Fsp3) is 0.238. The minimum Gasteiger partial charge on any atom is -0.496 e. The van der Waals surface area contributed by atoms with E-state index in [-0.39, 0.29) is 5.78 Å². The number of pyridine rings is 1. The topological polar surface area (TPSA) is 51.2 Å². The number of nitrogens with one attached hydrogen (secondary N) is 1. The summed E-state index contributed by atoms with van der Waals surface area (Å²) in [5.41, 5.74) is 4.56. The molecule has 1 aliphatic rings. The summed E-state index contributed by atoms with van der Waals surface area (Å²) in [4.78, 5) is 17.3. The van der Waals surface area contributed by atoms with E-state index in [1.165, 1.54) is 0 Å². The molecule has 0 amide bonds. The van der Waals surface area contributed by atoms with Gasteiger partial charge in [-0.05, 0) is 25.0 Å². The Morgan fingerprint density at radius 1 is 1.08 bits per heavy atom. The number of fused-ring (bicyclic) bond motifs is 2. The number of ketones is 1. The maximum Gasteiger partial charge on any atom is 0.166 e. The summed E-state index contributed by atoms with van der Waals surface area (Å²) >= 11 is 0. The Balaban J connectivity index is 1.80. The van der Waals surface area contributed by atoms with Crippen LogP contribution in [0.25, 0.3) is 10.9 Å². The molecule has 0 spiro atoms. The number of ether oxygens (including phenoxy) is 1. The standard InChI is InChI=1S/C21H20N2O2/c1-25-19-12-5-2-7-14(19)13-22-21-15-8-3-4-9-16(15)23-17-10-6-11-18(24)20(17)21/h2-5,7-9,12H,6,10-11,13H2,1H3,(H,22,23). The van der Waals surface area contributed by atoms with Crippen LogP contribution < -0.4 is 10.1 Å². The first-order valence-corrected chi connectivity index (χ1v) is 8.58. The maximum atomic E-state index is 12.6. The predicted octanol–water partition coefficient (Wildman–Crippen LogP) is 4.37. The zero-order chi connectivity index (χ0) is 17.2. The quantitative estimate of drug-likeness (QED) is 0.770. The molecule has 4 heteroatoms. The summed E-state index contributed by atoms with van der Waals surface area (Å²) in [6.45, 7) is 0.595. The molecule has 1 aliphatic carbocycles. The third-order valence-corrected chi connectivity index (χ3v) is 4.71. The van der Waals surface area contributed by atoms with E-state index in [0.717, 1.165) is 52.0 Å². The first-order chi connectivity index (χ1) is 12.3. The number of nitrogens with zero attached hydrogens (tertiary/aromatic N) is 1. The molecule has 0 aliphatic heterocycles. The van der Waals surface area contributed by atoms with Gasteiger partial charge in [0.2, 0.25) is 0 Å². The van der Waals surface area contributed by atoms with Crippen molar-refractivity contribution in [1.82, 2.24) is 4.98 Å². The maximum absolute atomic E-state index is 12.6. The highest BCUT2D eigenvalue weighted by Gasteiger charge is 2.24. The van der Waals surface area contributed by atoms with Gasteiger partial charge >= 0.3 is 0 Å². The van der Waals surface area contributed by atoms with E-state index in [9.17, 15) is 4.79 Å². The monoisotopic (exact) mass is 332 g/mol. The summed E-state index contributed by atoms with van der Waals surface area (Å²) in [5, 5.41) is 4.49. The van der Waals surface area contributed by atoms with Gasteiger partial charge in [0.1, 0.15) is 5.75 Å². The van der Waals surface area contributed by atoms with Crippen molar-refractivity contribution < 1.29 is 9.53 Å². The van der Waals surface area contributed by atoms with Crippen molar-refractivity contribution in [2.75, 3.05) is 12.4 Å². The molecular formula is C21H20N2O2. The van der Waals surface area contributed by atoms with Crippen LogP contribution in [0.15, 0.2) is 48.5 Å². The van der Waals surface area contributed by atoms with Crippen molar-refractivity contribution in [1.29, 1.82) is 0 Å². The normalized spacial score (nSPS) is 13.6. The molecule has 3 aromatic rings. The van der Waals surface area contributed by atoms with Gasteiger partial charge in [-0.15, -0.1) is 0 Å². The van der Waals surface area contributed by atoms with Gasteiger partial charge in [-0.2, -0.15) is 0 Å². The molecule has 4 rings (SSSR count). The van der Waals surface area contributed by atoms with Gasteiger partial charge in [0.25, 0.3) is 0 Å². The Kier molecular flexibility index (Phi) is 4.10. The first kappa shape index (κ1) is 15.6. The van der Waals surface area contributed by atoms with Gasteiger partial charge in [0.05, 0.1) is 29.6 Å². The molecule has 0 radical (unpaired) electrons. The number of rotatable bonds is 4. The first-order valence-electron chi connectivity index (χ1n) is 8.58. The van der Waals surface area contributed by atoms with Gasteiger partial charge in [-0.3, -0.25) is 9.78 Å². The number of hydrogen-bond donors (Lipinski definition) is 1. The lowest BCUT2D eigenvalue weighted by Gasteiger charge is -2.21. The Morgan fingerprint density at radius 2 is 1.88 bits per heavy atom. The van der Waals surface area contributed by atoms with Gasteiger partial charge < -0.3 is 10.1 Å². The highest BCUT2D eigenvalue weighted by Crippen LogP contribution is 2.34. The number of benzene rings is 2. The fourth-order valence-electron chi connectivity index (χ4n) is 3.50. The predicted molar refractivity (Wildman–Crippen MR) is 99.3 cm³/mol. The third-order valence-electron chi connectivity index (χ3n) is 4.71. The van der Waals surface area contributed by atoms with Crippen molar-refractivity contribution in [3.05, 3.63) is 65.4 Å². The lowest BCUT2D eigenvalue weighted by Crippen LogP contribution is -2.17. The second-order valence-corrected chi connectivity index (χ2v) is 6.27. The van der Waals surface area contributed by atoms with E-state index < -0.39 is 0 Å². The molecule has 1 heterocycles. The Labute approximate surface area is 146 Å². The van der Waals surface area contributed by atoms with Gasteiger partial charge in [0, 0.05) is 23.9 Å². The van der Waals surface area contributed by atoms with Crippen LogP contribution in [0.2, 0.25) is 0 Å². The lowest BCUT2D eigenvalue weighted by atomic mass is 9.91. The van der Waals surface area contributed by atoms with Crippen LogP contribution in [-0.2, 0) is 13.0 Å². The number of anilines is 1. The van der Waals surface area contributed by atoms with E-state index in [1.54, 1.807) is 7.11 Å². The van der Waals surface area contributed by atoms with E-state index in [4.69, 9.17) is 9.72 Å². The summed E-state index contributed by atoms with van der Waals surface area (Å²) in [5.74, 6) is 1.02. The number of aromatic nitrogens is 1. The van der Waals surface area contributed by atoms with Gasteiger partial charge in [-0.1, -0.05) is 36.4 Å². The summed E-state index contributed by atoms with van der Waals surface area (Å²) < 4.78 is 5.44. The smallest absolute Gasteiger partial charge is 0.166 e. The molecular weight excluding hydrogens is 312 g/mol. The minimum absolute atomic E-state index is 0.182. The van der Waals surface area contributed by atoms with Crippen molar-refractivity contribution in [2.45, 2.75) is 25.8 Å². The zero-order valence-corrected chi connectivity index (χ0v) is 14.2. The number of carbonyl (C=O) groups is 1. The lowest BCUT2D eigenvalue weighted by molar-refractivity contribution is 0.0972. The molecule has 0 fully saturated rings. The number of para-hydroxylation sites is 2. The van der Waals surface area contributed by atoms with Gasteiger partial charge in [-0.25, -0.2) is 0 Å². The van der Waals surface area contributed by atoms with Gasteiger partial charge in [0.15, 0.2) is 5.78 Å². The summed E-state index contributed by atoms with van der Waals surface area (Å²) in [6.07, 6.45) is 2.33. The van der Waals surface area contributed by atoms with E-state index >= 15 is 0 Å². The van der Waals surface area contributed by atoms with Crippen LogP contribution in [0.4, 0.5) is 5.69 Å². The van der Waals surface area contributed by atoms with Crippen molar-refractivity contribution in [3.8, 4) is 5.75 Å². The molecule has 25 heavy (non-hydrogen) atoms. The molecule has 2 aromatic carbocycles. The van der Waals surface area contributed by atoms with E-state index in [1.807, 2.05) is 48.5 Å². The minimum atomic E-state index is 0.182. The van der Waals surface area contributed by atoms with Crippen LogP contribution in [-0.4, -0.2) is 17.9 Å².